The van der Waals surface area contributed by atoms with Gasteiger partial charge in [0, 0.05) is 16.4 Å². The molecule has 0 saturated carbocycles. The number of carbonyl (C=O) groups is 2. The number of rotatable bonds is 11. The Hall–Kier alpha value is -3.56. The molecular weight excluding hydrogens is 492 g/mol. The first-order valence-electron chi connectivity index (χ1n) is 10.8. The third kappa shape index (κ3) is 8.01. The Labute approximate surface area is 209 Å². The van der Waals surface area contributed by atoms with Crippen molar-refractivity contribution < 1.29 is 27.5 Å². The van der Waals surface area contributed by atoms with Crippen molar-refractivity contribution in [1.29, 1.82) is 0 Å². The summed E-state index contributed by atoms with van der Waals surface area (Å²) in [5, 5.41) is 3.16. The summed E-state index contributed by atoms with van der Waals surface area (Å²) in [5.74, 6) is -0.492. The molecule has 1 amide bonds. The lowest BCUT2D eigenvalue weighted by Gasteiger charge is -2.10. The highest BCUT2D eigenvalue weighted by atomic mass is 35.5. The van der Waals surface area contributed by atoms with Crippen molar-refractivity contribution in [2.24, 2.45) is 0 Å². The van der Waals surface area contributed by atoms with Crippen molar-refractivity contribution in [2.75, 3.05) is 23.3 Å². The van der Waals surface area contributed by atoms with Crippen molar-refractivity contribution in [2.45, 2.75) is 24.7 Å². The smallest absolute Gasteiger partial charge is 0.338 e. The van der Waals surface area contributed by atoms with Gasteiger partial charge in [-0.05, 0) is 79.2 Å². The van der Waals surface area contributed by atoms with E-state index < -0.39 is 21.9 Å². The number of benzene rings is 3. The van der Waals surface area contributed by atoms with Crippen molar-refractivity contribution >= 4 is 44.9 Å². The minimum absolute atomic E-state index is 0.0394. The molecule has 184 valence electrons. The molecule has 0 bridgehead atoms. The van der Waals surface area contributed by atoms with Crippen LogP contribution in [0.2, 0.25) is 5.02 Å². The van der Waals surface area contributed by atoms with E-state index in [-0.39, 0.29) is 11.5 Å². The highest BCUT2D eigenvalue weighted by Gasteiger charge is 2.15. The monoisotopic (exact) mass is 516 g/mol. The van der Waals surface area contributed by atoms with Gasteiger partial charge in [0.2, 0.25) is 0 Å². The Morgan fingerprint density at radius 1 is 0.886 bits per heavy atom. The second-order valence-corrected chi connectivity index (χ2v) is 9.61. The fourth-order valence-electron chi connectivity index (χ4n) is 2.88. The highest BCUT2D eigenvalue weighted by Crippen LogP contribution is 2.21. The Morgan fingerprint density at radius 3 is 2.14 bits per heavy atom. The van der Waals surface area contributed by atoms with Crippen LogP contribution in [-0.4, -0.2) is 33.5 Å². The Balaban J connectivity index is 1.49. The first-order chi connectivity index (χ1) is 16.8. The fourth-order valence-corrected chi connectivity index (χ4v) is 4.06. The van der Waals surface area contributed by atoms with Crippen LogP contribution in [-0.2, 0) is 19.6 Å². The van der Waals surface area contributed by atoms with E-state index in [9.17, 15) is 18.0 Å². The van der Waals surface area contributed by atoms with Gasteiger partial charge in [0.05, 0.1) is 17.1 Å². The maximum absolute atomic E-state index is 12.5. The summed E-state index contributed by atoms with van der Waals surface area (Å²) < 4.78 is 38.1. The highest BCUT2D eigenvalue weighted by molar-refractivity contribution is 7.92. The number of hydrogen-bond acceptors (Lipinski definition) is 6. The molecule has 8 nitrogen and oxygen atoms in total. The molecular formula is C25H25ClN2O6S. The van der Waals surface area contributed by atoms with Gasteiger partial charge in [0.25, 0.3) is 15.9 Å². The lowest BCUT2D eigenvalue weighted by atomic mass is 10.2. The number of nitrogens with one attached hydrogen (secondary N) is 2. The molecule has 3 aromatic carbocycles. The lowest BCUT2D eigenvalue weighted by Crippen LogP contribution is -2.20. The van der Waals surface area contributed by atoms with E-state index in [1.807, 2.05) is 6.92 Å². The molecule has 0 radical (unpaired) electrons. The zero-order valence-electron chi connectivity index (χ0n) is 19.0. The first-order valence-corrected chi connectivity index (χ1v) is 12.7. The zero-order chi connectivity index (χ0) is 25.3. The number of anilines is 2. The molecule has 0 saturated heterocycles. The minimum Gasteiger partial charge on any atom is -0.484 e. The van der Waals surface area contributed by atoms with E-state index >= 15 is 0 Å². The fraction of sp³-hybridized carbons (Fsp3) is 0.200. The largest absolute Gasteiger partial charge is 0.484 e. The van der Waals surface area contributed by atoms with Crippen LogP contribution in [0.5, 0.6) is 5.75 Å². The summed E-state index contributed by atoms with van der Waals surface area (Å²) in [5.41, 5.74) is 1.28. The second kappa shape index (κ2) is 12.2. The summed E-state index contributed by atoms with van der Waals surface area (Å²) in [7, 11) is -3.79. The molecule has 2 N–H and O–H groups in total. The van der Waals surface area contributed by atoms with Crippen LogP contribution >= 0.6 is 11.6 Å². The van der Waals surface area contributed by atoms with E-state index in [1.54, 1.807) is 48.5 Å². The average Bonchev–Trinajstić information content (AvgIpc) is 2.85. The normalized spacial score (nSPS) is 10.9. The molecule has 3 rings (SSSR count). The molecule has 35 heavy (non-hydrogen) atoms. The molecule has 0 aliphatic rings. The topological polar surface area (TPSA) is 111 Å². The number of halogens is 1. The SMILES string of the molecule is CCCCOC(=O)c1ccc(NC(=O)COc2ccc(S(=O)(=O)Nc3ccc(Cl)cc3)cc2)cc1. The Morgan fingerprint density at radius 2 is 1.51 bits per heavy atom. The summed E-state index contributed by atoms with van der Waals surface area (Å²) >= 11 is 5.82. The van der Waals surface area contributed by atoms with Crippen LogP contribution < -0.4 is 14.8 Å². The van der Waals surface area contributed by atoms with Gasteiger partial charge in [-0.3, -0.25) is 9.52 Å². The second-order valence-electron chi connectivity index (χ2n) is 7.49. The first kappa shape index (κ1) is 26.1. The van der Waals surface area contributed by atoms with Crippen LogP contribution in [0.15, 0.2) is 77.7 Å². The average molecular weight is 517 g/mol. The van der Waals surface area contributed by atoms with Gasteiger partial charge in [-0.15, -0.1) is 0 Å². The van der Waals surface area contributed by atoms with Gasteiger partial charge >= 0.3 is 5.97 Å². The molecule has 0 unspecified atom stereocenters. The molecule has 3 aromatic rings. The molecule has 0 atom stereocenters. The van der Waals surface area contributed by atoms with E-state index in [0.29, 0.717) is 34.3 Å². The molecule has 0 fully saturated rings. The Bertz CT molecular complexity index is 1240. The maximum Gasteiger partial charge on any atom is 0.338 e. The summed E-state index contributed by atoms with van der Waals surface area (Å²) in [6, 6.07) is 18.3. The standard InChI is InChI=1S/C25H25ClN2O6S/c1-2-3-16-33-25(30)18-4-8-20(9-5-18)27-24(29)17-34-22-12-14-23(15-13-22)35(31,32)28-21-10-6-19(26)7-11-21/h4-15,28H,2-3,16-17H2,1H3,(H,27,29). The van der Waals surface area contributed by atoms with Crippen molar-refractivity contribution in [3.8, 4) is 5.75 Å². The minimum atomic E-state index is -3.79. The molecule has 0 aliphatic heterocycles. The molecule has 0 spiro atoms. The lowest BCUT2D eigenvalue weighted by molar-refractivity contribution is -0.118. The van der Waals surface area contributed by atoms with Crippen molar-refractivity contribution in [3.05, 3.63) is 83.4 Å². The third-order valence-corrected chi connectivity index (χ3v) is 6.38. The van der Waals surface area contributed by atoms with Crippen LogP contribution in [0.3, 0.4) is 0 Å². The molecule has 10 heteroatoms. The molecule has 0 aromatic heterocycles. The summed E-state index contributed by atoms with van der Waals surface area (Å²) in [6.45, 7) is 2.10. The number of unbranched alkanes of at least 4 members (excludes halogenated alkanes) is 1. The summed E-state index contributed by atoms with van der Waals surface area (Å²) in [6.07, 6.45) is 1.74. The third-order valence-electron chi connectivity index (χ3n) is 4.74. The number of ether oxygens (including phenoxy) is 2. The van der Waals surface area contributed by atoms with Gasteiger partial charge in [-0.1, -0.05) is 24.9 Å². The van der Waals surface area contributed by atoms with Crippen LogP contribution in [0.25, 0.3) is 0 Å². The van der Waals surface area contributed by atoms with E-state index in [1.165, 1.54) is 24.3 Å². The zero-order valence-corrected chi connectivity index (χ0v) is 20.6. The van der Waals surface area contributed by atoms with Gasteiger partial charge in [0.1, 0.15) is 5.75 Å². The van der Waals surface area contributed by atoms with E-state index in [4.69, 9.17) is 21.1 Å². The number of carbonyl (C=O) groups excluding carboxylic acids is 2. The predicted octanol–water partition coefficient (Wildman–Crippen LogP) is 5.12. The van der Waals surface area contributed by atoms with Gasteiger partial charge in [0.15, 0.2) is 6.61 Å². The van der Waals surface area contributed by atoms with Crippen molar-refractivity contribution in [1.82, 2.24) is 0 Å². The summed E-state index contributed by atoms with van der Waals surface area (Å²) in [4.78, 5) is 24.2. The molecule has 0 heterocycles. The number of esters is 1. The van der Waals surface area contributed by atoms with Gasteiger partial charge in [-0.2, -0.15) is 0 Å². The maximum atomic E-state index is 12.5. The van der Waals surface area contributed by atoms with E-state index in [0.717, 1.165) is 12.8 Å². The number of hydrogen-bond donors (Lipinski definition) is 2. The van der Waals surface area contributed by atoms with Crippen LogP contribution in [0.1, 0.15) is 30.1 Å². The Kier molecular flexibility index (Phi) is 9.11. The van der Waals surface area contributed by atoms with E-state index in [2.05, 4.69) is 10.0 Å². The number of sulfonamides is 1. The molecule has 0 aliphatic carbocycles. The van der Waals surface area contributed by atoms with Gasteiger partial charge < -0.3 is 14.8 Å². The van der Waals surface area contributed by atoms with Crippen molar-refractivity contribution in [3.63, 3.8) is 0 Å². The van der Waals surface area contributed by atoms with Crippen LogP contribution in [0, 0.1) is 0 Å². The van der Waals surface area contributed by atoms with Gasteiger partial charge in [-0.25, -0.2) is 13.2 Å². The van der Waals surface area contributed by atoms with Crippen LogP contribution in [0.4, 0.5) is 11.4 Å². The predicted molar refractivity (Wildman–Crippen MR) is 134 cm³/mol. The quantitative estimate of drug-likeness (QED) is 0.270. The number of amides is 1.